The summed E-state index contributed by atoms with van der Waals surface area (Å²) in [5.41, 5.74) is 0.250. The summed E-state index contributed by atoms with van der Waals surface area (Å²) < 4.78 is 42.1. The molecule has 25 heavy (non-hydrogen) atoms. The summed E-state index contributed by atoms with van der Waals surface area (Å²) in [6.07, 6.45) is 1.04. The molecule has 134 valence electrons. The molecule has 1 atom stereocenters. The maximum atomic E-state index is 13.5. The number of hydrogen-bond acceptors (Lipinski definition) is 5. The number of carboxylic acid groups (broad SMARTS) is 1. The average Bonchev–Trinajstić information content (AvgIpc) is 2.50. The van der Waals surface area contributed by atoms with Crippen LogP contribution in [0.15, 0.2) is 41.3 Å². The van der Waals surface area contributed by atoms with Crippen molar-refractivity contribution in [1.82, 2.24) is 0 Å². The van der Waals surface area contributed by atoms with Gasteiger partial charge in [0.25, 0.3) is 0 Å². The van der Waals surface area contributed by atoms with Gasteiger partial charge in [0, 0.05) is 12.3 Å². The van der Waals surface area contributed by atoms with Gasteiger partial charge in [-0.25, -0.2) is 12.8 Å². The molecular formula is C16H15ClFNO5S. The van der Waals surface area contributed by atoms with E-state index >= 15 is 0 Å². The van der Waals surface area contributed by atoms with E-state index in [0.29, 0.717) is 0 Å². The molecule has 2 aromatic rings. The Labute approximate surface area is 149 Å². The van der Waals surface area contributed by atoms with Crippen LogP contribution in [-0.2, 0) is 14.6 Å². The number of aliphatic carboxylic acids is 1. The van der Waals surface area contributed by atoms with Gasteiger partial charge in [0.15, 0.2) is 15.6 Å². The minimum Gasteiger partial charge on any atom is -0.480 e. The summed E-state index contributed by atoms with van der Waals surface area (Å²) in [7, 11) is -3.43. The van der Waals surface area contributed by atoms with E-state index < -0.39 is 27.7 Å². The monoisotopic (exact) mass is 387 g/mol. The largest absolute Gasteiger partial charge is 0.480 e. The lowest BCUT2D eigenvalue weighted by Crippen LogP contribution is -2.25. The molecule has 0 unspecified atom stereocenters. The standard InChI is InChI=1S/C16H15ClFNO5S/c1-9(16(20)21)19-13-5-3-10(18)7-15(13)24-14-6-4-11(8-12(14)17)25(2,22)23/h3-9,19H,1-2H3,(H,20,21)/t9-/m0/s1. The molecule has 2 N–H and O–H groups in total. The fraction of sp³-hybridized carbons (Fsp3) is 0.188. The number of rotatable bonds is 6. The van der Waals surface area contributed by atoms with Crippen molar-refractivity contribution in [2.45, 2.75) is 17.9 Å². The fourth-order valence-corrected chi connectivity index (χ4v) is 2.84. The van der Waals surface area contributed by atoms with E-state index in [1.807, 2.05) is 0 Å². The van der Waals surface area contributed by atoms with Gasteiger partial charge in [0.05, 0.1) is 15.6 Å². The Morgan fingerprint density at radius 2 is 1.92 bits per heavy atom. The molecule has 2 aromatic carbocycles. The quantitative estimate of drug-likeness (QED) is 0.787. The highest BCUT2D eigenvalue weighted by Crippen LogP contribution is 2.35. The molecule has 0 amide bonds. The normalized spacial score (nSPS) is 12.5. The van der Waals surface area contributed by atoms with Gasteiger partial charge in [-0.1, -0.05) is 11.6 Å². The first-order valence-electron chi connectivity index (χ1n) is 7.04. The number of carbonyl (C=O) groups is 1. The van der Waals surface area contributed by atoms with Crippen molar-refractivity contribution >= 4 is 33.1 Å². The van der Waals surface area contributed by atoms with E-state index in [-0.39, 0.29) is 27.1 Å². The zero-order valence-corrected chi connectivity index (χ0v) is 14.9. The van der Waals surface area contributed by atoms with Crippen molar-refractivity contribution in [2.24, 2.45) is 0 Å². The van der Waals surface area contributed by atoms with Crippen molar-refractivity contribution < 1.29 is 27.4 Å². The third-order valence-electron chi connectivity index (χ3n) is 3.24. The van der Waals surface area contributed by atoms with Gasteiger partial charge in [-0.3, -0.25) is 4.79 Å². The lowest BCUT2D eigenvalue weighted by molar-refractivity contribution is -0.137. The van der Waals surface area contributed by atoms with Crippen LogP contribution in [0.4, 0.5) is 10.1 Å². The topological polar surface area (TPSA) is 92.7 Å². The number of benzene rings is 2. The van der Waals surface area contributed by atoms with E-state index in [1.165, 1.54) is 31.2 Å². The SMILES string of the molecule is C[C@H](Nc1ccc(F)cc1Oc1ccc(S(C)(=O)=O)cc1Cl)C(=O)O. The second-order valence-electron chi connectivity index (χ2n) is 5.31. The molecule has 6 nitrogen and oxygen atoms in total. The van der Waals surface area contributed by atoms with Crippen molar-refractivity contribution in [3.05, 3.63) is 47.2 Å². The maximum absolute atomic E-state index is 13.5. The predicted molar refractivity (Wildman–Crippen MR) is 91.8 cm³/mol. The number of ether oxygens (including phenoxy) is 1. The van der Waals surface area contributed by atoms with Crippen molar-refractivity contribution in [3.8, 4) is 11.5 Å². The first kappa shape index (κ1) is 19.0. The molecular weight excluding hydrogens is 373 g/mol. The van der Waals surface area contributed by atoms with Crippen LogP contribution < -0.4 is 10.1 Å². The fourth-order valence-electron chi connectivity index (χ4n) is 1.91. The summed E-state index contributed by atoms with van der Waals surface area (Å²) in [6.45, 7) is 1.42. The Morgan fingerprint density at radius 1 is 1.24 bits per heavy atom. The van der Waals surface area contributed by atoms with Gasteiger partial charge in [0.1, 0.15) is 17.6 Å². The van der Waals surface area contributed by atoms with Crippen LogP contribution in [0.1, 0.15) is 6.92 Å². The van der Waals surface area contributed by atoms with Crippen LogP contribution in [0.5, 0.6) is 11.5 Å². The lowest BCUT2D eigenvalue weighted by Gasteiger charge is -2.16. The lowest BCUT2D eigenvalue weighted by atomic mass is 10.2. The highest BCUT2D eigenvalue weighted by atomic mass is 35.5. The molecule has 0 saturated carbocycles. The summed E-state index contributed by atoms with van der Waals surface area (Å²) >= 11 is 6.04. The molecule has 9 heteroatoms. The third-order valence-corrected chi connectivity index (χ3v) is 4.64. The Balaban J connectivity index is 2.37. The zero-order chi connectivity index (χ0) is 18.8. The highest BCUT2D eigenvalue weighted by Gasteiger charge is 2.16. The van der Waals surface area contributed by atoms with Crippen LogP contribution in [0.2, 0.25) is 5.02 Å². The molecule has 0 aromatic heterocycles. The van der Waals surface area contributed by atoms with Crippen LogP contribution in [-0.4, -0.2) is 31.8 Å². The molecule has 0 aliphatic carbocycles. The molecule has 0 bridgehead atoms. The van der Waals surface area contributed by atoms with Crippen molar-refractivity contribution in [1.29, 1.82) is 0 Å². The van der Waals surface area contributed by atoms with Crippen molar-refractivity contribution in [2.75, 3.05) is 11.6 Å². The summed E-state index contributed by atoms with van der Waals surface area (Å²) in [5, 5.41) is 11.7. The molecule has 0 radical (unpaired) electrons. The van der Waals surface area contributed by atoms with Crippen LogP contribution in [0, 0.1) is 5.82 Å². The van der Waals surface area contributed by atoms with Gasteiger partial charge < -0.3 is 15.2 Å². The smallest absolute Gasteiger partial charge is 0.325 e. The first-order chi connectivity index (χ1) is 11.6. The van der Waals surface area contributed by atoms with E-state index in [0.717, 1.165) is 18.4 Å². The predicted octanol–water partition coefficient (Wildman–Crippen LogP) is 3.56. The Bertz CT molecular complexity index is 917. The highest BCUT2D eigenvalue weighted by molar-refractivity contribution is 7.90. The van der Waals surface area contributed by atoms with E-state index in [1.54, 1.807) is 0 Å². The minimum atomic E-state index is -3.43. The Morgan fingerprint density at radius 3 is 2.48 bits per heavy atom. The van der Waals surface area contributed by atoms with Gasteiger partial charge in [-0.05, 0) is 37.3 Å². The first-order valence-corrected chi connectivity index (χ1v) is 9.31. The van der Waals surface area contributed by atoms with Crippen LogP contribution in [0.25, 0.3) is 0 Å². The van der Waals surface area contributed by atoms with Crippen LogP contribution in [0.3, 0.4) is 0 Å². The molecule has 0 fully saturated rings. The maximum Gasteiger partial charge on any atom is 0.325 e. The van der Waals surface area contributed by atoms with Crippen LogP contribution >= 0.6 is 11.6 Å². The number of anilines is 1. The zero-order valence-electron chi connectivity index (χ0n) is 13.3. The molecule has 0 aliphatic heterocycles. The second-order valence-corrected chi connectivity index (χ2v) is 7.73. The summed E-state index contributed by atoms with van der Waals surface area (Å²) in [6, 6.07) is 6.49. The van der Waals surface area contributed by atoms with E-state index in [4.69, 9.17) is 21.4 Å². The summed E-state index contributed by atoms with van der Waals surface area (Å²) in [5.74, 6) is -1.56. The van der Waals surface area contributed by atoms with Gasteiger partial charge in [-0.15, -0.1) is 0 Å². The van der Waals surface area contributed by atoms with Gasteiger partial charge in [0.2, 0.25) is 0 Å². The van der Waals surface area contributed by atoms with Gasteiger partial charge >= 0.3 is 5.97 Å². The number of nitrogens with one attached hydrogen (secondary N) is 1. The molecule has 0 aliphatic rings. The van der Waals surface area contributed by atoms with E-state index in [2.05, 4.69) is 5.32 Å². The Hall–Kier alpha value is -2.32. The average molecular weight is 388 g/mol. The number of carboxylic acids is 1. The molecule has 0 heterocycles. The number of sulfone groups is 1. The molecule has 0 saturated heterocycles. The number of halogens is 2. The summed E-state index contributed by atoms with van der Waals surface area (Å²) in [4.78, 5) is 11.0. The minimum absolute atomic E-state index is 0.0157. The Kier molecular flexibility index (Phi) is 5.54. The molecule has 0 spiro atoms. The molecule has 2 rings (SSSR count). The number of hydrogen-bond donors (Lipinski definition) is 2. The van der Waals surface area contributed by atoms with E-state index in [9.17, 15) is 17.6 Å². The van der Waals surface area contributed by atoms with Crippen molar-refractivity contribution in [3.63, 3.8) is 0 Å². The van der Waals surface area contributed by atoms with Gasteiger partial charge in [-0.2, -0.15) is 0 Å². The third kappa shape index (κ3) is 4.83. The second kappa shape index (κ2) is 7.28.